The van der Waals surface area contributed by atoms with Gasteiger partial charge in [-0.3, -0.25) is 19.2 Å². The van der Waals surface area contributed by atoms with Gasteiger partial charge < -0.3 is 39.2 Å². The molecule has 3 heterocycles. The van der Waals surface area contributed by atoms with E-state index in [1.807, 2.05) is 58.1 Å². The van der Waals surface area contributed by atoms with Gasteiger partial charge >= 0.3 is 5.97 Å². The first-order chi connectivity index (χ1) is 29.8. The van der Waals surface area contributed by atoms with Crippen molar-refractivity contribution in [3.8, 4) is 0 Å². The van der Waals surface area contributed by atoms with Gasteiger partial charge in [0.25, 0.3) is 11.7 Å². The van der Waals surface area contributed by atoms with Gasteiger partial charge in [-0.2, -0.15) is 0 Å². The molecule has 3 N–H and O–H groups in total. The smallest absolute Gasteiger partial charge is 0.329 e. The van der Waals surface area contributed by atoms with E-state index in [-0.39, 0.29) is 67.1 Å². The normalized spacial score (nSPS) is 40.1. The highest BCUT2D eigenvalue weighted by atomic mass is 16.6. The maximum Gasteiger partial charge on any atom is 0.329 e. The van der Waals surface area contributed by atoms with Crippen molar-refractivity contribution in [2.24, 2.45) is 35.5 Å². The maximum atomic E-state index is 14.3. The Kier molecular flexibility index (Phi) is 20.1. The first-order valence-corrected chi connectivity index (χ1v) is 23.4. The molecule has 1 aliphatic carbocycles. The zero-order chi connectivity index (χ0) is 46.6. The second-order valence-corrected chi connectivity index (χ2v) is 19.3. The van der Waals surface area contributed by atoms with Gasteiger partial charge in [-0.05, 0) is 107 Å². The number of aliphatic hydroxyl groups is 3. The van der Waals surface area contributed by atoms with E-state index in [0.29, 0.717) is 63.4 Å². The van der Waals surface area contributed by atoms with Crippen LogP contribution in [0.25, 0.3) is 0 Å². The van der Waals surface area contributed by atoms with E-state index in [4.69, 9.17) is 18.9 Å². The van der Waals surface area contributed by atoms with Gasteiger partial charge in [-0.15, -0.1) is 0 Å². The minimum Gasteiger partial charge on any atom is -0.460 e. The molecular formula is C50H77NO12. The molecule has 13 nitrogen and oxygen atoms in total. The molecule has 0 spiro atoms. The molecular weight excluding hydrogens is 807 g/mol. The summed E-state index contributed by atoms with van der Waals surface area (Å²) in [5, 5.41) is 33.5. The number of hydrogen-bond donors (Lipinski definition) is 3. The number of aliphatic hydroxyl groups excluding tert-OH is 2. The lowest BCUT2D eigenvalue weighted by atomic mass is 9.78. The minimum absolute atomic E-state index is 0.0725. The highest BCUT2D eigenvalue weighted by Crippen LogP contribution is 2.37. The quantitative estimate of drug-likeness (QED) is 0.154. The van der Waals surface area contributed by atoms with Crippen LogP contribution < -0.4 is 0 Å². The zero-order valence-electron chi connectivity index (χ0n) is 39.3. The monoisotopic (exact) mass is 884 g/mol. The molecule has 2 bridgehead atoms. The Morgan fingerprint density at radius 3 is 2.27 bits per heavy atom. The second-order valence-electron chi connectivity index (χ2n) is 19.3. The molecule has 0 aromatic rings. The predicted octanol–water partition coefficient (Wildman–Crippen LogP) is 6.56. The third-order valence-electron chi connectivity index (χ3n) is 14.2. The number of carbonyl (C=O) groups is 5. The third-order valence-corrected chi connectivity index (χ3v) is 14.2. The molecule has 0 aromatic heterocycles. The van der Waals surface area contributed by atoms with Gasteiger partial charge in [0.15, 0.2) is 0 Å². The number of rotatable bonds is 5. The first-order valence-electron chi connectivity index (χ1n) is 23.4. The van der Waals surface area contributed by atoms with Crippen molar-refractivity contribution in [2.45, 2.75) is 180 Å². The van der Waals surface area contributed by atoms with Gasteiger partial charge in [0.1, 0.15) is 23.7 Å². The van der Waals surface area contributed by atoms with Crippen LogP contribution in [0.5, 0.6) is 0 Å². The summed E-state index contributed by atoms with van der Waals surface area (Å²) in [4.78, 5) is 71.1. The van der Waals surface area contributed by atoms with E-state index in [9.17, 15) is 39.3 Å². The van der Waals surface area contributed by atoms with Crippen LogP contribution in [-0.4, -0.2) is 119 Å². The zero-order valence-corrected chi connectivity index (χ0v) is 39.3. The maximum absolute atomic E-state index is 14.3. The summed E-state index contributed by atoms with van der Waals surface area (Å²) in [6.45, 7) is 12.9. The standard InChI is InChI=1S/C50H77NO12/c1-30-15-11-10-12-16-31(2)44(60-8)27-38-20-18-36(7)50(59,63-38)47(56)48(57)51-22-14-13-17-39(51)49(58)62-45(35(6)25-37-19-21-40(52)46(26-37)61-9)29-43(55)34(5)24-33(4)42(54)28-41(53)32(3)23-30/h10-12,15-16,24,30,32,34-40,42,44-46,52,54,59H,13-14,17-23,25-29H2,1-9H3/b12-10+,15-11+,31-16+,33-24+/t30-,32-,34-,35+,36-,37+,38+,39+,40-,42+,44+,45+,46-,50-/m1/s1. The Balaban J connectivity index is 1.67. The van der Waals surface area contributed by atoms with Crippen molar-refractivity contribution in [2.75, 3.05) is 20.8 Å². The van der Waals surface area contributed by atoms with Crippen LogP contribution >= 0.6 is 0 Å². The predicted molar refractivity (Wildman–Crippen MR) is 239 cm³/mol. The summed E-state index contributed by atoms with van der Waals surface area (Å²) < 4.78 is 23.8. The van der Waals surface area contributed by atoms with Crippen LogP contribution in [0.4, 0.5) is 0 Å². The number of ketones is 3. The Labute approximate surface area is 375 Å². The number of piperidine rings is 1. The van der Waals surface area contributed by atoms with Gasteiger partial charge in [-0.25, -0.2) is 4.79 Å². The molecule has 0 aromatic carbocycles. The summed E-state index contributed by atoms with van der Waals surface area (Å²) in [5.41, 5.74) is 1.39. The molecule has 1 saturated carbocycles. The number of amides is 1. The van der Waals surface area contributed by atoms with Gasteiger partial charge in [0.2, 0.25) is 5.79 Å². The molecule has 3 aliphatic heterocycles. The average molecular weight is 884 g/mol. The van der Waals surface area contributed by atoms with E-state index in [0.717, 1.165) is 12.0 Å². The van der Waals surface area contributed by atoms with E-state index in [1.54, 1.807) is 41.1 Å². The highest BCUT2D eigenvalue weighted by molar-refractivity contribution is 6.39. The van der Waals surface area contributed by atoms with Crippen molar-refractivity contribution in [3.05, 3.63) is 47.6 Å². The summed E-state index contributed by atoms with van der Waals surface area (Å²) >= 11 is 0. The molecule has 2 saturated heterocycles. The van der Waals surface area contributed by atoms with Crippen molar-refractivity contribution < 1.29 is 58.2 Å². The summed E-state index contributed by atoms with van der Waals surface area (Å²) in [6.07, 6.45) is 13.0. The largest absolute Gasteiger partial charge is 0.460 e. The van der Waals surface area contributed by atoms with Gasteiger partial charge in [-0.1, -0.05) is 71.1 Å². The van der Waals surface area contributed by atoms with Crippen LogP contribution in [0.2, 0.25) is 0 Å². The van der Waals surface area contributed by atoms with E-state index in [2.05, 4.69) is 0 Å². The summed E-state index contributed by atoms with van der Waals surface area (Å²) in [5.74, 6) is -7.36. The number of nitrogens with zero attached hydrogens (tertiary/aromatic N) is 1. The Morgan fingerprint density at radius 2 is 1.57 bits per heavy atom. The molecule has 13 heteroatoms. The van der Waals surface area contributed by atoms with Gasteiger partial charge in [0, 0.05) is 57.8 Å². The fraction of sp³-hybridized carbons (Fsp3) is 0.740. The van der Waals surface area contributed by atoms with Gasteiger partial charge in [0.05, 0.1) is 30.5 Å². The Bertz CT molecular complexity index is 1700. The van der Waals surface area contributed by atoms with Crippen molar-refractivity contribution in [1.82, 2.24) is 4.90 Å². The highest BCUT2D eigenvalue weighted by Gasteiger charge is 2.53. The molecule has 0 radical (unpaired) electrons. The average Bonchev–Trinajstić information content (AvgIpc) is 3.25. The van der Waals surface area contributed by atoms with Crippen molar-refractivity contribution in [3.63, 3.8) is 0 Å². The molecule has 4 rings (SSSR count). The third kappa shape index (κ3) is 14.3. The molecule has 3 fully saturated rings. The number of esters is 1. The van der Waals surface area contributed by atoms with Crippen LogP contribution in [0.1, 0.15) is 132 Å². The fourth-order valence-electron chi connectivity index (χ4n) is 9.78. The fourth-order valence-corrected chi connectivity index (χ4v) is 9.78. The second kappa shape index (κ2) is 24.3. The van der Waals surface area contributed by atoms with Crippen LogP contribution in [0.3, 0.4) is 0 Å². The van der Waals surface area contributed by atoms with E-state index in [1.165, 1.54) is 4.90 Å². The van der Waals surface area contributed by atoms with Crippen LogP contribution in [0.15, 0.2) is 47.6 Å². The molecule has 1 amide bonds. The van der Waals surface area contributed by atoms with Crippen LogP contribution in [0, 0.1) is 35.5 Å². The van der Waals surface area contributed by atoms with Crippen LogP contribution in [-0.2, 0) is 42.9 Å². The van der Waals surface area contributed by atoms with Crippen molar-refractivity contribution >= 4 is 29.2 Å². The number of ether oxygens (including phenoxy) is 4. The minimum atomic E-state index is -2.42. The number of carbonyl (C=O) groups excluding carboxylic acids is 5. The van der Waals surface area contributed by atoms with E-state index >= 15 is 0 Å². The number of cyclic esters (lactones) is 1. The number of fused-ring (bicyclic) bond motifs is 3. The SMILES string of the molecule is CO[C@H]1C[C@@H]2CC[C@@H](C)[C@@](O)(O2)C(=O)C(=O)N2CCCC[C@H]2C(=O)O[C@H]([C@@H](C)C[C@@H]2CC[C@@H](O)[C@H](OC)C2)CC(=O)[C@H](C)/C=C(\C)[C@@H](O)CC(=O)[C@H](C)C[C@H](C)/C=C/C=C/C=C/1C. The topological polar surface area (TPSA) is 186 Å². The Hall–Kier alpha value is -3.33. The number of methoxy groups -OCH3 is 2. The van der Waals surface area contributed by atoms with E-state index < -0.39 is 71.8 Å². The first kappa shape index (κ1) is 52.3. The Morgan fingerprint density at radius 1 is 0.841 bits per heavy atom. The van der Waals surface area contributed by atoms with Crippen molar-refractivity contribution in [1.29, 1.82) is 0 Å². The molecule has 14 atom stereocenters. The molecule has 354 valence electrons. The lowest BCUT2D eigenvalue weighted by molar-refractivity contribution is -0.265. The lowest BCUT2D eigenvalue weighted by Crippen LogP contribution is -2.61. The molecule has 0 unspecified atom stereocenters. The number of hydrogen-bond acceptors (Lipinski definition) is 12. The summed E-state index contributed by atoms with van der Waals surface area (Å²) in [6, 6.07) is -1.12. The molecule has 4 aliphatic rings. The number of Topliss-reactive ketones (excluding diaryl/α,β-unsaturated/α-hetero) is 3. The summed E-state index contributed by atoms with van der Waals surface area (Å²) in [7, 11) is 3.15. The number of allylic oxidation sites excluding steroid dienone is 6. The lowest BCUT2D eigenvalue weighted by Gasteiger charge is -2.42. The molecule has 63 heavy (non-hydrogen) atoms.